The molecule has 19 heavy (non-hydrogen) atoms. The molecule has 0 spiro atoms. The van der Waals surface area contributed by atoms with Gasteiger partial charge in [0.05, 0.1) is 30.9 Å². The first-order valence-corrected chi connectivity index (χ1v) is 6.39. The number of hydrogen-bond acceptors (Lipinski definition) is 3. The van der Waals surface area contributed by atoms with Crippen LogP contribution >= 0.6 is 0 Å². The summed E-state index contributed by atoms with van der Waals surface area (Å²) in [6.45, 7) is 5.94. The standard InChI is InChI=1S/C14H18FN3O/c1-3-18-10-16-8-12(18)9-17-13-6-5-11(15)7-14(13)19-4-2/h5-8,10,17H,3-4,9H2,1-2H3. The van der Waals surface area contributed by atoms with Crippen molar-refractivity contribution in [2.75, 3.05) is 11.9 Å². The molecule has 2 aromatic rings. The Balaban J connectivity index is 2.10. The molecule has 1 aromatic heterocycles. The largest absolute Gasteiger partial charge is 0.492 e. The fourth-order valence-electron chi connectivity index (χ4n) is 1.88. The third kappa shape index (κ3) is 3.24. The lowest BCUT2D eigenvalue weighted by Crippen LogP contribution is -2.07. The Kier molecular flexibility index (Phi) is 4.39. The van der Waals surface area contributed by atoms with Crippen LogP contribution in [0.1, 0.15) is 19.5 Å². The van der Waals surface area contributed by atoms with Crippen LogP contribution in [0.5, 0.6) is 5.75 Å². The molecular weight excluding hydrogens is 245 g/mol. The van der Waals surface area contributed by atoms with Crippen molar-refractivity contribution in [3.8, 4) is 5.75 Å². The van der Waals surface area contributed by atoms with Gasteiger partial charge >= 0.3 is 0 Å². The Bertz CT molecular complexity index is 539. The zero-order chi connectivity index (χ0) is 13.7. The summed E-state index contributed by atoms with van der Waals surface area (Å²) in [6, 6.07) is 4.50. The van der Waals surface area contributed by atoms with Crippen LogP contribution in [0.2, 0.25) is 0 Å². The smallest absolute Gasteiger partial charge is 0.145 e. The second-order valence-electron chi connectivity index (χ2n) is 4.10. The summed E-state index contributed by atoms with van der Waals surface area (Å²) in [6.07, 6.45) is 3.62. The third-order valence-corrected chi connectivity index (χ3v) is 2.84. The van der Waals surface area contributed by atoms with E-state index in [4.69, 9.17) is 4.74 Å². The van der Waals surface area contributed by atoms with Gasteiger partial charge in [-0.1, -0.05) is 0 Å². The van der Waals surface area contributed by atoms with Crippen molar-refractivity contribution >= 4 is 5.69 Å². The highest BCUT2D eigenvalue weighted by Crippen LogP contribution is 2.25. The van der Waals surface area contributed by atoms with Gasteiger partial charge in [-0.2, -0.15) is 0 Å². The van der Waals surface area contributed by atoms with Gasteiger partial charge in [0.1, 0.15) is 11.6 Å². The van der Waals surface area contributed by atoms with Crippen LogP contribution in [0, 0.1) is 5.82 Å². The van der Waals surface area contributed by atoms with Gasteiger partial charge in [0.25, 0.3) is 0 Å². The molecule has 0 bridgehead atoms. The molecule has 0 saturated carbocycles. The Hall–Kier alpha value is -2.04. The molecule has 0 amide bonds. The second kappa shape index (κ2) is 6.22. The van der Waals surface area contributed by atoms with Crippen LogP contribution in [-0.2, 0) is 13.1 Å². The minimum Gasteiger partial charge on any atom is -0.492 e. The van der Waals surface area contributed by atoms with E-state index < -0.39 is 0 Å². The van der Waals surface area contributed by atoms with Gasteiger partial charge in [0.2, 0.25) is 0 Å². The summed E-state index contributed by atoms with van der Waals surface area (Å²) in [4.78, 5) is 4.11. The number of hydrogen-bond donors (Lipinski definition) is 1. The molecule has 0 aliphatic rings. The van der Waals surface area contributed by atoms with Gasteiger partial charge < -0.3 is 14.6 Å². The van der Waals surface area contributed by atoms with Crippen molar-refractivity contribution in [3.63, 3.8) is 0 Å². The third-order valence-electron chi connectivity index (χ3n) is 2.84. The number of aromatic nitrogens is 2. The quantitative estimate of drug-likeness (QED) is 0.870. The summed E-state index contributed by atoms with van der Waals surface area (Å²) >= 11 is 0. The first-order chi connectivity index (χ1) is 9.24. The van der Waals surface area contributed by atoms with Crippen LogP contribution < -0.4 is 10.1 Å². The maximum Gasteiger partial charge on any atom is 0.145 e. The molecular formula is C14H18FN3O. The van der Waals surface area contributed by atoms with E-state index in [-0.39, 0.29) is 5.82 Å². The molecule has 1 heterocycles. The summed E-state index contributed by atoms with van der Waals surface area (Å²) in [7, 11) is 0. The topological polar surface area (TPSA) is 39.1 Å². The average molecular weight is 263 g/mol. The van der Waals surface area contributed by atoms with E-state index in [2.05, 4.69) is 21.8 Å². The Morgan fingerprint density at radius 3 is 2.95 bits per heavy atom. The minimum atomic E-state index is -0.299. The highest BCUT2D eigenvalue weighted by molar-refractivity contribution is 5.56. The van der Waals surface area contributed by atoms with Crippen LogP contribution in [0.25, 0.3) is 0 Å². The Labute approximate surface area is 112 Å². The van der Waals surface area contributed by atoms with Crippen molar-refractivity contribution < 1.29 is 9.13 Å². The lowest BCUT2D eigenvalue weighted by Gasteiger charge is -2.13. The molecule has 2 rings (SSSR count). The molecule has 102 valence electrons. The molecule has 0 unspecified atom stereocenters. The van der Waals surface area contributed by atoms with E-state index in [0.717, 1.165) is 17.9 Å². The Morgan fingerprint density at radius 2 is 2.21 bits per heavy atom. The van der Waals surface area contributed by atoms with E-state index in [1.165, 1.54) is 12.1 Å². The van der Waals surface area contributed by atoms with Crippen LogP contribution in [0.15, 0.2) is 30.7 Å². The number of anilines is 1. The zero-order valence-corrected chi connectivity index (χ0v) is 11.2. The van der Waals surface area contributed by atoms with Gasteiger partial charge in [-0.15, -0.1) is 0 Å². The monoisotopic (exact) mass is 263 g/mol. The fraction of sp³-hybridized carbons (Fsp3) is 0.357. The lowest BCUT2D eigenvalue weighted by molar-refractivity contribution is 0.339. The highest BCUT2D eigenvalue weighted by Gasteiger charge is 2.06. The van der Waals surface area contributed by atoms with Crippen LogP contribution in [-0.4, -0.2) is 16.2 Å². The molecule has 0 atom stereocenters. The molecule has 1 N–H and O–H groups in total. The zero-order valence-electron chi connectivity index (χ0n) is 11.2. The Morgan fingerprint density at radius 1 is 1.37 bits per heavy atom. The van der Waals surface area contributed by atoms with E-state index in [0.29, 0.717) is 18.9 Å². The van der Waals surface area contributed by atoms with Gasteiger partial charge in [0.15, 0.2) is 0 Å². The molecule has 0 saturated heterocycles. The molecule has 4 nitrogen and oxygen atoms in total. The number of imidazole rings is 1. The molecule has 0 fully saturated rings. The van der Waals surface area contributed by atoms with Gasteiger partial charge in [-0.05, 0) is 26.0 Å². The summed E-state index contributed by atoms with van der Waals surface area (Å²) < 4.78 is 20.7. The number of aryl methyl sites for hydroxylation is 1. The minimum absolute atomic E-state index is 0.299. The first kappa shape index (κ1) is 13.4. The number of rotatable bonds is 6. The van der Waals surface area contributed by atoms with Crippen molar-refractivity contribution in [1.29, 1.82) is 0 Å². The van der Waals surface area contributed by atoms with E-state index in [9.17, 15) is 4.39 Å². The fourth-order valence-corrected chi connectivity index (χ4v) is 1.88. The molecule has 5 heteroatoms. The van der Waals surface area contributed by atoms with Crippen molar-refractivity contribution in [2.24, 2.45) is 0 Å². The molecule has 0 radical (unpaired) electrons. The lowest BCUT2D eigenvalue weighted by atomic mass is 10.2. The maximum atomic E-state index is 13.2. The normalized spacial score (nSPS) is 10.5. The number of halogens is 1. The second-order valence-corrected chi connectivity index (χ2v) is 4.10. The summed E-state index contributed by atoms with van der Waals surface area (Å²) in [5, 5.41) is 3.25. The number of nitrogens with one attached hydrogen (secondary N) is 1. The molecule has 1 aromatic carbocycles. The van der Waals surface area contributed by atoms with E-state index in [1.807, 2.05) is 13.1 Å². The van der Waals surface area contributed by atoms with Gasteiger partial charge in [0, 0.05) is 18.8 Å². The predicted molar refractivity (Wildman–Crippen MR) is 72.8 cm³/mol. The van der Waals surface area contributed by atoms with Crippen LogP contribution in [0.4, 0.5) is 10.1 Å². The van der Waals surface area contributed by atoms with Crippen molar-refractivity contribution in [1.82, 2.24) is 9.55 Å². The molecule has 0 aliphatic carbocycles. The van der Waals surface area contributed by atoms with E-state index in [1.54, 1.807) is 12.4 Å². The summed E-state index contributed by atoms with van der Waals surface area (Å²) in [5.74, 6) is 0.234. The average Bonchev–Trinajstić information content (AvgIpc) is 2.85. The van der Waals surface area contributed by atoms with Crippen molar-refractivity contribution in [3.05, 3.63) is 42.2 Å². The maximum absolute atomic E-state index is 13.2. The summed E-state index contributed by atoms with van der Waals surface area (Å²) in [5.41, 5.74) is 1.86. The predicted octanol–water partition coefficient (Wildman–Crippen LogP) is 3.05. The number of nitrogens with zero attached hydrogens (tertiary/aromatic N) is 2. The number of ether oxygens (including phenoxy) is 1. The van der Waals surface area contributed by atoms with Gasteiger partial charge in [-0.3, -0.25) is 0 Å². The number of benzene rings is 1. The SMILES string of the molecule is CCOc1cc(F)ccc1NCc1cncn1CC. The van der Waals surface area contributed by atoms with Gasteiger partial charge in [-0.25, -0.2) is 9.37 Å². The highest BCUT2D eigenvalue weighted by atomic mass is 19.1. The van der Waals surface area contributed by atoms with Crippen molar-refractivity contribution in [2.45, 2.75) is 26.9 Å². The molecule has 0 aliphatic heterocycles. The first-order valence-electron chi connectivity index (χ1n) is 6.39. The van der Waals surface area contributed by atoms with Crippen LogP contribution in [0.3, 0.4) is 0 Å². The van der Waals surface area contributed by atoms with E-state index >= 15 is 0 Å².